The molecule has 0 aliphatic heterocycles. The lowest BCUT2D eigenvalue weighted by atomic mass is 10.1. The van der Waals surface area contributed by atoms with Crippen LogP contribution in [0.3, 0.4) is 0 Å². The van der Waals surface area contributed by atoms with E-state index in [4.69, 9.17) is 22.2 Å². The van der Waals surface area contributed by atoms with Crippen molar-refractivity contribution >= 4 is 23.4 Å². The summed E-state index contributed by atoms with van der Waals surface area (Å²) in [5.74, 6) is 7.37. The molecule has 0 spiro atoms. The van der Waals surface area contributed by atoms with Crippen molar-refractivity contribution in [2.24, 2.45) is 5.84 Å². The van der Waals surface area contributed by atoms with E-state index in [1.54, 1.807) is 11.8 Å². The zero-order valence-corrected chi connectivity index (χ0v) is 13.5. The van der Waals surface area contributed by atoms with Crippen molar-refractivity contribution in [3.05, 3.63) is 59.1 Å². The van der Waals surface area contributed by atoms with Gasteiger partial charge >= 0.3 is 0 Å². The van der Waals surface area contributed by atoms with Gasteiger partial charge in [-0.15, -0.1) is 11.8 Å². The van der Waals surface area contributed by atoms with E-state index in [2.05, 4.69) is 5.43 Å². The third-order valence-corrected chi connectivity index (χ3v) is 4.33. The summed E-state index contributed by atoms with van der Waals surface area (Å²) < 4.78 is 5.45. The molecule has 0 radical (unpaired) electrons. The van der Waals surface area contributed by atoms with Gasteiger partial charge in [-0.05, 0) is 42.8 Å². The molecule has 3 N–H and O–H groups in total. The molecular weight excluding hydrogens is 304 g/mol. The van der Waals surface area contributed by atoms with E-state index in [9.17, 15) is 0 Å². The minimum atomic E-state index is 0.0738. The number of benzene rings is 2. The Labute approximate surface area is 134 Å². The maximum atomic E-state index is 5.99. The smallest absolute Gasteiger partial charge is 0.119 e. The zero-order chi connectivity index (χ0) is 15.1. The van der Waals surface area contributed by atoms with Crippen molar-refractivity contribution in [3.8, 4) is 5.75 Å². The number of nitrogens with one attached hydrogen (secondary N) is 1. The molecule has 0 aliphatic rings. The van der Waals surface area contributed by atoms with Crippen molar-refractivity contribution in [2.75, 3.05) is 12.4 Å². The standard InChI is InChI=1S/C16H19ClN2OS/c1-2-20-14-8-6-12(7-9-14)16(19-18)11-21-15-5-3-4-13(17)10-15/h3-10,16,19H,2,11,18H2,1H3. The van der Waals surface area contributed by atoms with Gasteiger partial charge in [0.2, 0.25) is 0 Å². The largest absolute Gasteiger partial charge is 0.494 e. The molecule has 2 rings (SSSR count). The Kier molecular flexibility index (Phi) is 6.39. The summed E-state index contributed by atoms with van der Waals surface area (Å²) in [5.41, 5.74) is 3.99. The first-order valence-corrected chi connectivity index (χ1v) is 8.16. The van der Waals surface area contributed by atoms with E-state index in [0.717, 1.165) is 27.0 Å². The average Bonchev–Trinajstić information content (AvgIpc) is 2.50. The quantitative estimate of drug-likeness (QED) is 0.459. The molecule has 1 atom stereocenters. The summed E-state index contributed by atoms with van der Waals surface area (Å²) in [4.78, 5) is 1.13. The lowest BCUT2D eigenvalue weighted by Crippen LogP contribution is -2.29. The second-order valence-electron chi connectivity index (χ2n) is 4.49. The maximum absolute atomic E-state index is 5.99. The first-order valence-electron chi connectivity index (χ1n) is 6.80. The van der Waals surface area contributed by atoms with E-state index in [-0.39, 0.29) is 6.04 Å². The van der Waals surface area contributed by atoms with Crippen LogP contribution in [-0.4, -0.2) is 12.4 Å². The van der Waals surface area contributed by atoms with Crippen molar-refractivity contribution in [1.82, 2.24) is 5.43 Å². The molecule has 0 amide bonds. The topological polar surface area (TPSA) is 47.3 Å². The van der Waals surface area contributed by atoms with Gasteiger partial charge in [-0.2, -0.15) is 0 Å². The van der Waals surface area contributed by atoms with Crippen LogP contribution in [0.4, 0.5) is 0 Å². The van der Waals surface area contributed by atoms with Crippen molar-refractivity contribution in [2.45, 2.75) is 17.9 Å². The predicted octanol–water partition coefficient (Wildman–Crippen LogP) is 4.04. The first kappa shape index (κ1) is 16.2. The molecule has 5 heteroatoms. The lowest BCUT2D eigenvalue weighted by Gasteiger charge is -2.16. The third kappa shape index (κ3) is 4.93. The minimum absolute atomic E-state index is 0.0738. The van der Waals surface area contributed by atoms with Crippen molar-refractivity contribution < 1.29 is 4.74 Å². The van der Waals surface area contributed by atoms with Gasteiger partial charge in [0.1, 0.15) is 5.75 Å². The molecular formula is C16H19ClN2OS. The molecule has 0 heterocycles. The third-order valence-electron chi connectivity index (χ3n) is 3.01. The highest BCUT2D eigenvalue weighted by atomic mass is 35.5. The summed E-state index contributed by atoms with van der Waals surface area (Å²) in [5, 5.41) is 0.748. The van der Waals surface area contributed by atoms with Crippen LogP contribution in [0.2, 0.25) is 5.02 Å². The molecule has 0 aliphatic carbocycles. The molecule has 2 aromatic rings. The van der Waals surface area contributed by atoms with Crippen LogP contribution in [0.25, 0.3) is 0 Å². The van der Waals surface area contributed by atoms with Gasteiger partial charge in [0.05, 0.1) is 12.6 Å². The summed E-state index contributed by atoms with van der Waals surface area (Å²) in [6.07, 6.45) is 0. The van der Waals surface area contributed by atoms with Crippen molar-refractivity contribution in [1.29, 1.82) is 0 Å². The maximum Gasteiger partial charge on any atom is 0.119 e. The predicted molar refractivity (Wildman–Crippen MR) is 89.9 cm³/mol. The van der Waals surface area contributed by atoms with Gasteiger partial charge < -0.3 is 4.74 Å². The number of hydrogen-bond acceptors (Lipinski definition) is 4. The summed E-state index contributed by atoms with van der Waals surface area (Å²) in [6.45, 7) is 2.64. The number of thioether (sulfide) groups is 1. The number of halogens is 1. The Morgan fingerprint density at radius 2 is 2.00 bits per heavy atom. The average molecular weight is 323 g/mol. The number of hydrazine groups is 1. The van der Waals surface area contributed by atoms with Crippen LogP contribution in [0.15, 0.2) is 53.4 Å². The fraction of sp³-hybridized carbons (Fsp3) is 0.250. The molecule has 0 saturated heterocycles. The fourth-order valence-corrected chi connectivity index (χ4v) is 3.23. The molecule has 2 aromatic carbocycles. The number of hydrogen-bond donors (Lipinski definition) is 2. The van der Waals surface area contributed by atoms with E-state index in [0.29, 0.717) is 6.61 Å². The van der Waals surface area contributed by atoms with Crippen LogP contribution in [0.1, 0.15) is 18.5 Å². The van der Waals surface area contributed by atoms with Gasteiger partial charge in [-0.3, -0.25) is 11.3 Å². The molecule has 0 saturated carbocycles. The van der Waals surface area contributed by atoms with E-state index < -0.39 is 0 Å². The van der Waals surface area contributed by atoms with Crippen LogP contribution in [-0.2, 0) is 0 Å². The first-order chi connectivity index (χ1) is 10.2. The Bertz CT molecular complexity index is 562. The summed E-state index contributed by atoms with van der Waals surface area (Å²) in [7, 11) is 0. The van der Waals surface area contributed by atoms with Crippen LogP contribution >= 0.6 is 23.4 Å². The molecule has 0 aromatic heterocycles. The van der Waals surface area contributed by atoms with Gasteiger partial charge in [0.15, 0.2) is 0 Å². The Balaban J connectivity index is 1.99. The van der Waals surface area contributed by atoms with Gasteiger partial charge in [0, 0.05) is 15.7 Å². The zero-order valence-electron chi connectivity index (χ0n) is 11.9. The summed E-state index contributed by atoms with van der Waals surface area (Å²) >= 11 is 7.71. The lowest BCUT2D eigenvalue weighted by molar-refractivity contribution is 0.340. The number of ether oxygens (including phenoxy) is 1. The van der Waals surface area contributed by atoms with Crippen LogP contribution < -0.4 is 16.0 Å². The Morgan fingerprint density at radius 3 is 2.62 bits per heavy atom. The van der Waals surface area contributed by atoms with E-state index in [1.165, 1.54) is 0 Å². The molecule has 1 unspecified atom stereocenters. The molecule has 3 nitrogen and oxygen atoms in total. The molecule has 0 bridgehead atoms. The van der Waals surface area contributed by atoms with Gasteiger partial charge in [0.25, 0.3) is 0 Å². The van der Waals surface area contributed by atoms with E-state index >= 15 is 0 Å². The van der Waals surface area contributed by atoms with Crippen molar-refractivity contribution in [3.63, 3.8) is 0 Å². The fourth-order valence-electron chi connectivity index (χ4n) is 1.94. The highest BCUT2D eigenvalue weighted by Crippen LogP contribution is 2.27. The SMILES string of the molecule is CCOc1ccc(C(CSc2cccc(Cl)c2)NN)cc1. The normalized spacial score (nSPS) is 12.1. The van der Waals surface area contributed by atoms with Crippen LogP contribution in [0, 0.1) is 0 Å². The van der Waals surface area contributed by atoms with Gasteiger partial charge in [-0.1, -0.05) is 29.8 Å². The molecule has 112 valence electrons. The van der Waals surface area contributed by atoms with Gasteiger partial charge in [-0.25, -0.2) is 0 Å². The second-order valence-corrected chi connectivity index (χ2v) is 6.02. The minimum Gasteiger partial charge on any atom is -0.494 e. The second kappa shape index (κ2) is 8.29. The highest BCUT2D eigenvalue weighted by Gasteiger charge is 2.10. The Hall–Kier alpha value is -1.20. The van der Waals surface area contributed by atoms with E-state index in [1.807, 2.05) is 55.5 Å². The summed E-state index contributed by atoms with van der Waals surface area (Å²) in [6, 6.07) is 15.9. The highest BCUT2D eigenvalue weighted by molar-refractivity contribution is 7.99. The molecule has 21 heavy (non-hydrogen) atoms. The number of rotatable bonds is 7. The van der Waals surface area contributed by atoms with Crippen LogP contribution in [0.5, 0.6) is 5.75 Å². The monoisotopic (exact) mass is 322 g/mol. The molecule has 0 fully saturated rings. The Morgan fingerprint density at radius 1 is 1.24 bits per heavy atom. The number of nitrogens with two attached hydrogens (primary N) is 1.